The molecule has 2 aromatic carbocycles. The number of amides is 1. The SMILES string of the molecule is CS(=O)(=O)c1cccc(NC(=O)c2nnn(-c3cccc(F)c3)c2C(F)(F)F)c1. The van der Waals surface area contributed by atoms with Crippen LogP contribution < -0.4 is 5.32 Å². The highest BCUT2D eigenvalue weighted by Gasteiger charge is 2.42. The third-order valence-corrected chi connectivity index (χ3v) is 4.84. The molecule has 1 aromatic heterocycles. The molecule has 0 saturated heterocycles. The lowest BCUT2D eigenvalue weighted by atomic mass is 10.2. The second-order valence-corrected chi connectivity index (χ2v) is 7.95. The van der Waals surface area contributed by atoms with Crippen LogP contribution in [0.1, 0.15) is 16.2 Å². The Labute approximate surface area is 161 Å². The molecule has 0 atom stereocenters. The molecule has 3 aromatic rings. The number of aromatic nitrogens is 3. The number of rotatable bonds is 4. The van der Waals surface area contributed by atoms with Crippen LogP contribution in [-0.4, -0.2) is 35.6 Å². The summed E-state index contributed by atoms with van der Waals surface area (Å²) < 4.78 is 77.7. The van der Waals surface area contributed by atoms with Gasteiger partial charge in [0.15, 0.2) is 21.2 Å². The molecule has 0 saturated carbocycles. The molecular weight excluding hydrogens is 416 g/mol. The van der Waals surface area contributed by atoms with Gasteiger partial charge in [-0.3, -0.25) is 4.79 Å². The third kappa shape index (κ3) is 4.42. The molecule has 1 amide bonds. The van der Waals surface area contributed by atoms with Crippen molar-refractivity contribution in [2.24, 2.45) is 0 Å². The first-order valence-electron chi connectivity index (χ1n) is 7.87. The maximum absolute atomic E-state index is 13.6. The fourth-order valence-electron chi connectivity index (χ4n) is 2.47. The predicted octanol–water partition coefficient (Wildman–Crippen LogP) is 3.08. The first-order valence-corrected chi connectivity index (χ1v) is 9.76. The van der Waals surface area contributed by atoms with Crippen molar-refractivity contribution in [2.45, 2.75) is 11.1 Å². The van der Waals surface area contributed by atoms with Crippen molar-refractivity contribution in [1.82, 2.24) is 15.0 Å². The second-order valence-electron chi connectivity index (χ2n) is 5.93. The van der Waals surface area contributed by atoms with E-state index in [1.807, 2.05) is 0 Å². The first-order chi connectivity index (χ1) is 13.5. The highest BCUT2D eigenvalue weighted by atomic mass is 32.2. The van der Waals surface area contributed by atoms with Crippen molar-refractivity contribution in [3.8, 4) is 5.69 Å². The Bertz CT molecular complexity index is 1190. The van der Waals surface area contributed by atoms with Gasteiger partial charge in [-0.25, -0.2) is 17.5 Å². The zero-order valence-electron chi connectivity index (χ0n) is 14.6. The largest absolute Gasteiger partial charge is 0.435 e. The lowest BCUT2D eigenvalue weighted by Gasteiger charge is -2.11. The second kappa shape index (κ2) is 7.28. The molecule has 7 nitrogen and oxygen atoms in total. The topological polar surface area (TPSA) is 93.9 Å². The molecule has 0 bridgehead atoms. The summed E-state index contributed by atoms with van der Waals surface area (Å²) in [4.78, 5) is 12.3. The van der Waals surface area contributed by atoms with Crippen molar-refractivity contribution >= 4 is 21.4 Å². The quantitative estimate of drug-likeness (QED) is 0.645. The number of carbonyl (C=O) groups excluding carboxylic acids is 1. The summed E-state index contributed by atoms with van der Waals surface area (Å²) in [6.45, 7) is 0. The van der Waals surface area contributed by atoms with Gasteiger partial charge in [0.2, 0.25) is 0 Å². The number of anilines is 1. The number of sulfone groups is 1. The van der Waals surface area contributed by atoms with E-state index in [0.29, 0.717) is 4.68 Å². The Balaban J connectivity index is 2.02. The average Bonchev–Trinajstić information content (AvgIpc) is 3.07. The molecule has 1 heterocycles. The summed E-state index contributed by atoms with van der Waals surface area (Å²) in [5.41, 5.74) is -2.87. The van der Waals surface area contributed by atoms with Gasteiger partial charge in [-0.1, -0.05) is 17.3 Å². The third-order valence-electron chi connectivity index (χ3n) is 3.73. The maximum Gasteiger partial charge on any atom is 0.435 e. The standard InChI is InChI=1S/C17H12F4N4O3S/c1-29(27,28)13-7-3-5-11(9-13)22-16(26)14-15(17(19,20)21)25(24-23-14)12-6-2-4-10(18)8-12/h2-9H,1H3,(H,22,26). The number of nitrogens with one attached hydrogen (secondary N) is 1. The monoisotopic (exact) mass is 428 g/mol. The molecule has 12 heteroatoms. The van der Waals surface area contributed by atoms with Crippen LogP contribution in [0.5, 0.6) is 0 Å². The Morgan fingerprint density at radius 3 is 2.41 bits per heavy atom. The molecule has 152 valence electrons. The maximum atomic E-state index is 13.6. The summed E-state index contributed by atoms with van der Waals surface area (Å²) in [7, 11) is -3.59. The number of nitrogens with zero attached hydrogens (tertiary/aromatic N) is 3. The van der Waals surface area contributed by atoms with Crippen molar-refractivity contribution in [2.75, 3.05) is 11.6 Å². The minimum Gasteiger partial charge on any atom is -0.320 e. The van der Waals surface area contributed by atoms with Gasteiger partial charge >= 0.3 is 6.18 Å². The molecule has 1 N–H and O–H groups in total. The molecule has 3 rings (SSSR count). The van der Waals surface area contributed by atoms with Crippen molar-refractivity contribution in [1.29, 1.82) is 0 Å². The van der Waals surface area contributed by atoms with Crippen LogP contribution in [-0.2, 0) is 16.0 Å². The van der Waals surface area contributed by atoms with Gasteiger partial charge in [0.1, 0.15) is 5.82 Å². The number of carbonyl (C=O) groups is 1. The van der Waals surface area contributed by atoms with Gasteiger partial charge in [-0.2, -0.15) is 13.2 Å². The van der Waals surface area contributed by atoms with Crippen molar-refractivity contribution < 1.29 is 30.8 Å². The highest BCUT2D eigenvalue weighted by molar-refractivity contribution is 7.90. The zero-order chi connectivity index (χ0) is 21.4. The van der Waals surface area contributed by atoms with Crippen LogP contribution in [0.3, 0.4) is 0 Å². The van der Waals surface area contributed by atoms with Gasteiger partial charge in [0.05, 0.1) is 10.6 Å². The summed E-state index contributed by atoms with van der Waals surface area (Å²) in [5.74, 6) is -2.06. The van der Waals surface area contributed by atoms with Gasteiger partial charge in [-0.05, 0) is 36.4 Å². The normalized spacial score (nSPS) is 12.0. The van der Waals surface area contributed by atoms with Crippen LogP contribution in [0.4, 0.5) is 23.2 Å². The smallest absolute Gasteiger partial charge is 0.320 e. The predicted molar refractivity (Wildman–Crippen MR) is 93.8 cm³/mol. The van der Waals surface area contributed by atoms with E-state index in [1.54, 1.807) is 0 Å². The zero-order valence-corrected chi connectivity index (χ0v) is 15.4. The van der Waals surface area contributed by atoms with Crippen molar-refractivity contribution in [3.05, 3.63) is 65.7 Å². The molecule has 0 aliphatic heterocycles. The number of halogens is 4. The van der Waals surface area contributed by atoms with E-state index < -0.39 is 39.1 Å². The molecule has 0 unspecified atom stereocenters. The lowest BCUT2D eigenvalue weighted by molar-refractivity contribution is -0.143. The fraction of sp³-hybridized carbons (Fsp3) is 0.118. The van der Waals surface area contributed by atoms with Crippen molar-refractivity contribution in [3.63, 3.8) is 0 Å². The summed E-state index contributed by atoms with van der Waals surface area (Å²) in [5, 5.41) is 8.80. The Hall–Kier alpha value is -3.28. The molecule has 0 radical (unpaired) electrons. The van der Waals surface area contributed by atoms with E-state index in [0.717, 1.165) is 24.5 Å². The molecule has 0 fully saturated rings. The average molecular weight is 428 g/mol. The van der Waals surface area contributed by atoms with Gasteiger partial charge in [0.25, 0.3) is 5.91 Å². The first kappa shape index (κ1) is 20.5. The fourth-order valence-corrected chi connectivity index (χ4v) is 3.14. The molecule has 0 spiro atoms. The van der Waals surface area contributed by atoms with E-state index in [4.69, 9.17) is 0 Å². The summed E-state index contributed by atoms with van der Waals surface area (Å²) >= 11 is 0. The van der Waals surface area contributed by atoms with E-state index in [2.05, 4.69) is 15.6 Å². The minimum absolute atomic E-state index is 0.0497. The molecular formula is C17H12F4N4O3S. The van der Waals surface area contributed by atoms with E-state index in [-0.39, 0.29) is 16.3 Å². The number of alkyl halides is 3. The lowest BCUT2D eigenvalue weighted by Crippen LogP contribution is -2.21. The Kier molecular flexibility index (Phi) is 5.13. The van der Waals surface area contributed by atoms with Crippen LogP contribution in [0.15, 0.2) is 53.4 Å². The van der Waals surface area contributed by atoms with Gasteiger partial charge in [0, 0.05) is 11.9 Å². The number of hydrogen-bond acceptors (Lipinski definition) is 5. The number of hydrogen-bond donors (Lipinski definition) is 1. The molecule has 0 aliphatic carbocycles. The number of benzene rings is 2. The van der Waals surface area contributed by atoms with Crippen LogP contribution in [0.2, 0.25) is 0 Å². The van der Waals surface area contributed by atoms with E-state index >= 15 is 0 Å². The highest BCUT2D eigenvalue weighted by Crippen LogP contribution is 2.33. The summed E-state index contributed by atoms with van der Waals surface area (Å²) in [6.07, 6.45) is -4.09. The summed E-state index contributed by atoms with van der Waals surface area (Å²) in [6, 6.07) is 9.19. The Morgan fingerprint density at radius 2 is 1.79 bits per heavy atom. The molecule has 0 aliphatic rings. The van der Waals surface area contributed by atoms with Crippen LogP contribution in [0, 0.1) is 5.82 Å². The molecule has 29 heavy (non-hydrogen) atoms. The minimum atomic E-state index is -5.03. The van der Waals surface area contributed by atoms with Gasteiger partial charge < -0.3 is 5.32 Å². The van der Waals surface area contributed by atoms with Crippen LogP contribution >= 0.6 is 0 Å². The van der Waals surface area contributed by atoms with Gasteiger partial charge in [-0.15, -0.1) is 5.10 Å². The van der Waals surface area contributed by atoms with Crippen LogP contribution in [0.25, 0.3) is 5.69 Å². The van der Waals surface area contributed by atoms with E-state index in [1.165, 1.54) is 30.3 Å². The van der Waals surface area contributed by atoms with E-state index in [9.17, 15) is 30.8 Å². The Morgan fingerprint density at radius 1 is 1.10 bits per heavy atom.